The summed E-state index contributed by atoms with van der Waals surface area (Å²) in [6.07, 6.45) is 3.77. The lowest BCUT2D eigenvalue weighted by Crippen LogP contribution is -2.24. The quantitative estimate of drug-likeness (QED) is 0.390. The van der Waals surface area contributed by atoms with E-state index in [1.807, 2.05) is 6.92 Å². The van der Waals surface area contributed by atoms with Gasteiger partial charge in [0, 0.05) is 19.6 Å². The SMILES string of the molecule is CCCCOCC(CC1CO1)OCCOCC. The van der Waals surface area contributed by atoms with Crippen LogP contribution in [0.25, 0.3) is 0 Å². The van der Waals surface area contributed by atoms with Gasteiger partial charge in [-0.05, 0) is 13.3 Å². The van der Waals surface area contributed by atoms with Crippen LogP contribution in [0.15, 0.2) is 0 Å². The van der Waals surface area contributed by atoms with Crippen LogP contribution in [-0.4, -0.2) is 51.8 Å². The summed E-state index contributed by atoms with van der Waals surface area (Å²) < 4.78 is 21.8. The number of hydrogen-bond acceptors (Lipinski definition) is 4. The highest BCUT2D eigenvalue weighted by atomic mass is 16.6. The minimum Gasteiger partial charge on any atom is -0.379 e. The molecule has 4 nitrogen and oxygen atoms in total. The molecule has 4 heteroatoms. The van der Waals surface area contributed by atoms with E-state index < -0.39 is 0 Å². The molecule has 0 aromatic rings. The van der Waals surface area contributed by atoms with E-state index in [1.165, 1.54) is 6.42 Å². The molecule has 0 radical (unpaired) electrons. The van der Waals surface area contributed by atoms with Crippen LogP contribution in [0.1, 0.15) is 33.1 Å². The second kappa shape index (κ2) is 9.83. The molecule has 1 aliphatic rings. The summed E-state index contributed by atoms with van der Waals surface area (Å²) in [7, 11) is 0. The molecular formula is C13H26O4. The van der Waals surface area contributed by atoms with Gasteiger partial charge in [-0.25, -0.2) is 0 Å². The average Bonchev–Trinajstić information content (AvgIpc) is 3.13. The molecule has 0 aromatic heterocycles. The van der Waals surface area contributed by atoms with Gasteiger partial charge in [0.25, 0.3) is 0 Å². The third kappa shape index (κ3) is 8.55. The lowest BCUT2D eigenvalue weighted by molar-refractivity contribution is -0.0428. The maximum atomic E-state index is 5.75. The van der Waals surface area contributed by atoms with E-state index in [2.05, 4.69) is 6.92 Å². The Bertz CT molecular complexity index is 159. The highest BCUT2D eigenvalue weighted by molar-refractivity contribution is 4.74. The summed E-state index contributed by atoms with van der Waals surface area (Å²) in [4.78, 5) is 0. The molecule has 1 fully saturated rings. The van der Waals surface area contributed by atoms with Gasteiger partial charge in [-0.3, -0.25) is 0 Å². The van der Waals surface area contributed by atoms with Crippen LogP contribution in [0.3, 0.4) is 0 Å². The lowest BCUT2D eigenvalue weighted by Gasteiger charge is -2.17. The molecule has 0 aliphatic carbocycles. The van der Waals surface area contributed by atoms with Crippen LogP contribution in [0.4, 0.5) is 0 Å². The van der Waals surface area contributed by atoms with Crippen molar-refractivity contribution >= 4 is 0 Å². The van der Waals surface area contributed by atoms with Crippen molar-refractivity contribution in [2.45, 2.75) is 45.3 Å². The van der Waals surface area contributed by atoms with Crippen molar-refractivity contribution in [1.82, 2.24) is 0 Å². The lowest BCUT2D eigenvalue weighted by atomic mass is 10.2. The van der Waals surface area contributed by atoms with Gasteiger partial charge in [0.2, 0.25) is 0 Å². The molecule has 0 aromatic carbocycles. The minimum atomic E-state index is 0.153. The first-order valence-corrected chi connectivity index (χ1v) is 6.75. The predicted molar refractivity (Wildman–Crippen MR) is 66.3 cm³/mol. The van der Waals surface area contributed by atoms with Crippen molar-refractivity contribution in [3.05, 3.63) is 0 Å². The van der Waals surface area contributed by atoms with Crippen LogP contribution in [-0.2, 0) is 18.9 Å². The van der Waals surface area contributed by atoms with Crippen molar-refractivity contribution < 1.29 is 18.9 Å². The van der Waals surface area contributed by atoms with Gasteiger partial charge >= 0.3 is 0 Å². The fourth-order valence-electron chi connectivity index (χ4n) is 1.56. The zero-order valence-corrected chi connectivity index (χ0v) is 11.2. The smallest absolute Gasteiger partial charge is 0.0835 e. The van der Waals surface area contributed by atoms with Crippen LogP contribution in [0.2, 0.25) is 0 Å². The summed E-state index contributed by atoms with van der Waals surface area (Å²) in [5, 5.41) is 0. The van der Waals surface area contributed by atoms with Gasteiger partial charge in [-0.1, -0.05) is 13.3 Å². The third-order valence-electron chi connectivity index (χ3n) is 2.66. The van der Waals surface area contributed by atoms with Crippen molar-refractivity contribution in [3.63, 3.8) is 0 Å². The van der Waals surface area contributed by atoms with E-state index in [-0.39, 0.29) is 6.10 Å². The average molecular weight is 246 g/mol. The van der Waals surface area contributed by atoms with Crippen LogP contribution in [0.5, 0.6) is 0 Å². The summed E-state index contributed by atoms with van der Waals surface area (Å²) in [5.41, 5.74) is 0. The zero-order valence-electron chi connectivity index (χ0n) is 11.2. The molecule has 1 saturated heterocycles. The van der Waals surface area contributed by atoms with Crippen molar-refractivity contribution in [2.24, 2.45) is 0 Å². The number of rotatable bonds is 12. The Morgan fingerprint density at radius 3 is 2.65 bits per heavy atom. The molecule has 1 aliphatic heterocycles. The highest BCUT2D eigenvalue weighted by Crippen LogP contribution is 2.17. The molecule has 0 spiro atoms. The van der Waals surface area contributed by atoms with Gasteiger partial charge in [0.05, 0.1) is 38.6 Å². The van der Waals surface area contributed by atoms with Crippen molar-refractivity contribution in [1.29, 1.82) is 0 Å². The number of epoxide rings is 1. The van der Waals surface area contributed by atoms with Gasteiger partial charge in [0.1, 0.15) is 0 Å². The Balaban J connectivity index is 2.03. The van der Waals surface area contributed by atoms with Crippen molar-refractivity contribution in [2.75, 3.05) is 39.6 Å². The van der Waals surface area contributed by atoms with E-state index in [0.717, 1.165) is 32.7 Å². The van der Waals surface area contributed by atoms with Crippen LogP contribution >= 0.6 is 0 Å². The Kier molecular flexibility index (Phi) is 8.61. The highest BCUT2D eigenvalue weighted by Gasteiger charge is 2.27. The zero-order chi connectivity index (χ0) is 12.3. The first-order chi connectivity index (χ1) is 8.36. The second-order valence-electron chi connectivity index (χ2n) is 4.31. The second-order valence-corrected chi connectivity index (χ2v) is 4.31. The molecule has 0 saturated carbocycles. The first kappa shape index (κ1) is 14.9. The Morgan fingerprint density at radius 1 is 1.18 bits per heavy atom. The molecule has 1 rings (SSSR count). The summed E-state index contributed by atoms with van der Waals surface area (Å²) in [5.74, 6) is 0. The number of unbranched alkanes of at least 4 members (excludes halogenated alkanes) is 1. The normalized spacial score (nSPS) is 20.5. The minimum absolute atomic E-state index is 0.153. The Morgan fingerprint density at radius 2 is 2.00 bits per heavy atom. The predicted octanol–water partition coefficient (Wildman–Crippen LogP) is 2.01. The fraction of sp³-hybridized carbons (Fsp3) is 1.00. The molecule has 102 valence electrons. The molecule has 0 N–H and O–H groups in total. The molecular weight excluding hydrogens is 220 g/mol. The van der Waals surface area contributed by atoms with E-state index in [1.54, 1.807) is 0 Å². The topological polar surface area (TPSA) is 40.2 Å². The van der Waals surface area contributed by atoms with E-state index >= 15 is 0 Å². The summed E-state index contributed by atoms with van der Waals surface area (Å²) >= 11 is 0. The van der Waals surface area contributed by atoms with Gasteiger partial charge < -0.3 is 18.9 Å². The van der Waals surface area contributed by atoms with E-state index in [4.69, 9.17) is 18.9 Å². The molecule has 1 heterocycles. The van der Waals surface area contributed by atoms with Crippen molar-refractivity contribution in [3.8, 4) is 0 Å². The standard InChI is InChI=1S/C13H26O4/c1-3-5-6-15-10-12(9-13-11-17-13)16-8-7-14-4-2/h12-13H,3-11H2,1-2H3. The first-order valence-electron chi connectivity index (χ1n) is 6.75. The maximum absolute atomic E-state index is 5.75. The maximum Gasteiger partial charge on any atom is 0.0835 e. The number of hydrogen-bond donors (Lipinski definition) is 0. The summed E-state index contributed by atoms with van der Waals surface area (Å²) in [6.45, 7) is 8.57. The van der Waals surface area contributed by atoms with E-state index in [0.29, 0.717) is 25.9 Å². The Hall–Kier alpha value is -0.160. The van der Waals surface area contributed by atoms with E-state index in [9.17, 15) is 0 Å². The van der Waals surface area contributed by atoms with Gasteiger partial charge in [0.15, 0.2) is 0 Å². The molecule has 17 heavy (non-hydrogen) atoms. The molecule has 2 unspecified atom stereocenters. The van der Waals surface area contributed by atoms with Gasteiger partial charge in [-0.2, -0.15) is 0 Å². The van der Waals surface area contributed by atoms with Crippen LogP contribution < -0.4 is 0 Å². The van der Waals surface area contributed by atoms with Gasteiger partial charge in [-0.15, -0.1) is 0 Å². The summed E-state index contributed by atoms with van der Waals surface area (Å²) in [6, 6.07) is 0. The Labute approximate surface area is 105 Å². The fourth-order valence-corrected chi connectivity index (χ4v) is 1.56. The monoisotopic (exact) mass is 246 g/mol. The third-order valence-corrected chi connectivity index (χ3v) is 2.66. The molecule has 2 atom stereocenters. The largest absolute Gasteiger partial charge is 0.379 e. The molecule has 0 amide bonds. The number of ether oxygens (including phenoxy) is 4. The van der Waals surface area contributed by atoms with Crippen LogP contribution in [0, 0.1) is 0 Å². The molecule has 0 bridgehead atoms.